The van der Waals surface area contributed by atoms with Crippen LogP contribution in [0.2, 0.25) is 0 Å². The quantitative estimate of drug-likeness (QED) is 0.846. The number of likely N-dealkylation sites (tertiary alicyclic amines) is 1. The van der Waals surface area contributed by atoms with Crippen LogP contribution in [-0.2, 0) is 6.54 Å². The van der Waals surface area contributed by atoms with Crippen LogP contribution in [0.15, 0.2) is 42.5 Å². The maximum absolute atomic E-state index is 13.3. The van der Waals surface area contributed by atoms with Crippen LogP contribution in [0.1, 0.15) is 30.0 Å². The van der Waals surface area contributed by atoms with E-state index >= 15 is 0 Å². The Hall–Kier alpha value is -2.67. The van der Waals surface area contributed by atoms with Gasteiger partial charge in [-0.15, -0.1) is 0 Å². The number of para-hydroxylation sites is 1. The summed E-state index contributed by atoms with van der Waals surface area (Å²) in [6.07, 6.45) is 1.63. The zero-order valence-electron chi connectivity index (χ0n) is 15.5. The fourth-order valence-electron chi connectivity index (χ4n) is 3.80. The number of fused-ring (bicyclic) bond motifs is 1. The monoisotopic (exact) mass is 387 g/mol. The van der Waals surface area contributed by atoms with Gasteiger partial charge in [-0.1, -0.05) is 24.3 Å². The van der Waals surface area contributed by atoms with Crippen molar-refractivity contribution < 1.29 is 18.3 Å². The Labute approximate surface area is 162 Å². The van der Waals surface area contributed by atoms with Gasteiger partial charge in [0.05, 0.1) is 6.04 Å². The average Bonchev–Trinajstić information content (AvgIpc) is 3.09. The molecule has 4 rings (SSSR count). The Bertz CT molecular complexity index is 853. The second-order valence-electron chi connectivity index (χ2n) is 7.32. The first-order valence-corrected chi connectivity index (χ1v) is 9.53. The maximum Gasteiger partial charge on any atom is 0.315 e. The third-order valence-electron chi connectivity index (χ3n) is 5.32. The van der Waals surface area contributed by atoms with Crippen LogP contribution >= 0.6 is 0 Å². The molecule has 1 atom stereocenters. The van der Waals surface area contributed by atoms with E-state index in [1.54, 1.807) is 6.07 Å². The van der Waals surface area contributed by atoms with Crippen LogP contribution in [0.3, 0.4) is 0 Å². The second-order valence-corrected chi connectivity index (χ2v) is 7.32. The van der Waals surface area contributed by atoms with E-state index in [4.69, 9.17) is 4.74 Å². The van der Waals surface area contributed by atoms with Gasteiger partial charge >= 0.3 is 6.03 Å². The molecule has 2 aliphatic heterocycles. The van der Waals surface area contributed by atoms with Crippen molar-refractivity contribution in [2.75, 3.05) is 19.7 Å². The minimum absolute atomic E-state index is 0.0961. The first kappa shape index (κ1) is 18.7. The van der Waals surface area contributed by atoms with Gasteiger partial charge in [-0.25, -0.2) is 13.6 Å². The Morgan fingerprint density at radius 1 is 1.07 bits per heavy atom. The Balaban J connectivity index is 1.23. The number of halogens is 2. The molecule has 0 saturated carbocycles. The number of nitrogens with one attached hydrogen (secondary N) is 2. The lowest BCUT2D eigenvalue weighted by atomic mass is 10.0. The number of carbonyl (C=O) groups excluding carboxylic acids is 1. The number of ether oxygens (including phenoxy) is 1. The van der Waals surface area contributed by atoms with Gasteiger partial charge < -0.3 is 15.4 Å². The van der Waals surface area contributed by atoms with Gasteiger partial charge in [0.2, 0.25) is 0 Å². The van der Waals surface area contributed by atoms with Crippen LogP contribution in [0.25, 0.3) is 0 Å². The topological polar surface area (TPSA) is 53.6 Å². The molecule has 0 aromatic heterocycles. The molecule has 2 N–H and O–H groups in total. The molecule has 0 radical (unpaired) electrons. The zero-order chi connectivity index (χ0) is 19.5. The van der Waals surface area contributed by atoms with Crippen LogP contribution in [0, 0.1) is 11.6 Å². The Morgan fingerprint density at radius 2 is 1.86 bits per heavy atom. The number of urea groups is 1. The molecule has 2 aromatic carbocycles. The van der Waals surface area contributed by atoms with Crippen LogP contribution in [-0.4, -0.2) is 36.7 Å². The summed E-state index contributed by atoms with van der Waals surface area (Å²) in [6.45, 7) is 2.60. The molecule has 0 spiro atoms. The van der Waals surface area contributed by atoms with Crippen molar-refractivity contribution in [1.82, 2.24) is 15.5 Å². The number of hydrogen-bond donors (Lipinski definition) is 2. The van der Waals surface area contributed by atoms with E-state index in [0.717, 1.165) is 48.9 Å². The molecule has 28 heavy (non-hydrogen) atoms. The SMILES string of the molecule is O=C(NC1CCN(Cc2ccc(F)c(F)c2)CC1)NC1COc2ccccc21. The number of carbonyl (C=O) groups is 1. The van der Waals surface area contributed by atoms with Crippen LogP contribution in [0.5, 0.6) is 5.75 Å². The van der Waals surface area contributed by atoms with Crippen molar-refractivity contribution in [3.8, 4) is 5.75 Å². The van der Waals surface area contributed by atoms with Gasteiger partial charge in [-0.3, -0.25) is 4.90 Å². The normalized spacial score (nSPS) is 19.7. The fourth-order valence-corrected chi connectivity index (χ4v) is 3.80. The standard InChI is InChI=1S/C21H23F2N3O2/c22-17-6-5-14(11-18(17)23)12-26-9-7-15(8-10-26)24-21(27)25-19-13-28-20-4-2-1-3-16(19)20/h1-6,11,15,19H,7-10,12-13H2,(H2,24,25,27). The molecule has 5 nitrogen and oxygen atoms in total. The molecule has 0 bridgehead atoms. The first-order chi connectivity index (χ1) is 13.6. The third kappa shape index (κ3) is 4.25. The van der Waals surface area contributed by atoms with E-state index in [-0.39, 0.29) is 18.1 Å². The Morgan fingerprint density at radius 3 is 2.64 bits per heavy atom. The molecule has 1 fully saturated rings. The smallest absolute Gasteiger partial charge is 0.315 e. The summed E-state index contributed by atoms with van der Waals surface area (Å²) in [5.41, 5.74) is 1.75. The summed E-state index contributed by atoms with van der Waals surface area (Å²) in [4.78, 5) is 14.5. The van der Waals surface area contributed by atoms with Crippen molar-refractivity contribution in [2.45, 2.75) is 31.5 Å². The largest absolute Gasteiger partial charge is 0.491 e. The predicted octanol–water partition coefficient (Wildman–Crippen LogP) is 3.36. The number of rotatable bonds is 4. The average molecular weight is 387 g/mol. The number of piperidine rings is 1. The molecule has 2 amide bonds. The van der Waals surface area contributed by atoms with Crippen molar-refractivity contribution in [1.29, 1.82) is 0 Å². The van der Waals surface area contributed by atoms with E-state index in [0.29, 0.717) is 13.2 Å². The van der Waals surface area contributed by atoms with E-state index in [1.807, 2.05) is 24.3 Å². The van der Waals surface area contributed by atoms with E-state index < -0.39 is 11.6 Å². The van der Waals surface area contributed by atoms with Gasteiger partial charge in [0.25, 0.3) is 0 Å². The van der Waals surface area contributed by atoms with Gasteiger partial charge in [0.15, 0.2) is 11.6 Å². The fraction of sp³-hybridized carbons (Fsp3) is 0.381. The molecule has 148 valence electrons. The Kier molecular flexibility index (Phi) is 5.43. The highest BCUT2D eigenvalue weighted by molar-refractivity contribution is 5.75. The van der Waals surface area contributed by atoms with E-state index in [9.17, 15) is 13.6 Å². The summed E-state index contributed by atoms with van der Waals surface area (Å²) in [5, 5.41) is 6.01. The summed E-state index contributed by atoms with van der Waals surface area (Å²) in [6, 6.07) is 11.5. The third-order valence-corrected chi connectivity index (χ3v) is 5.32. The molecule has 2 aromatic rings. The lowest BCUT2D eigenvalue weighted by Gasteiger charge is -2.32. The lowest BCUT2D eigenvalue weighted by Crippen LogP contribution is -2.48. The van der Waals surface area contributed by atoms with Crippen molar-refractivity contribution >= 4 is 6.03 Å². The minimum Gasteiger partial charge on any atom is -0.491 e. The van der Waals surface area contributed by atoms with Gasteiger partial charge in [-0.05, 0) is 36.6 Å². The van der Waals surface area contributed by atoms with Crippen LogP contribution < -0.4 is 15.4 Å². The van der Waals surface area contributed by atoms with Crippen molar-refractivity contribution in [2.24, 2.45) is 0 Å². The number of amides is 2. The van der Waals surface area contributed by atoms with E-state index in [1.165, 1.54) is 6.07 Å². The molecule has 1 saturated heterocycles. The highest BCUT2D eigenvalue weighted by Crippen LogP contribution is 2.31. The number of nitrogens with zero attached hydrogens (tertiary/aromatic N) is 1. The molecule has 1 unspecified atom stereocenters. The number of hydrogen-bond acceptors (Lipinski definition) is 3. The second kappa shape index (κ2) is 8.14. The van der Waals surface area contributed by atoms with Gasteiger partial charge in [-0.2, -0.15) is 0 Å². The number of benzene rings is 2. The maximum atomic E-state index is 13.3. The summed E-state index contributed by atoms with van der Waals surface area (Å²) in [5.74, 6) is -0.825. The minimum atomic E-state index is -0.826. The first-order valence-electron chi connectivity index (χ1n) is 9.53. The highest BCUT2D eigenvalue weighted by Gasteiger charge is 2.27. The molecule has 0 aliphatic carbocycles. The molecular weight excluding hydrogens is 364 g/mol. The summed E-state index contributed by atoms with van der Waals surface area (Å²) >= 11 is 0. The van der Waals surface area contributed by atoms with Crippen molar-refractivity contribution in [3.05, 3.63) is 65.2 Å². The zero-order valence-corrected chi connectivity index (χ0v) is 15.5. The van der Waals surface area contributed by atoms with Crippen molar-refractivity contribution in [3.63, 3.8) is 0 Å². The predicted molar refractivity (Wildman–Crippen MR) is 101 cm³/mol. The molecule has 7 heteroatoms. The summed E-state index contributed by atoms with van der Waals surface area (Å²) < 4.78 is 32.0. The highest BCUT2D eigenvalue weighted by atomic mass is 19.2. The molecule has 2 heterocycles. The van der Waals surface area contributed by atoms with E-state index in [2.05, 4.69) is 15.5 Å². The van der Waals surface area contributed by atoms with Crippen LogP contribution in [0.4, 0.5) is 13.6 Å². The summed E-state index contributed by atoms with van der Waals surface area (Å²) in [7, 11) is 0. The lowest BCUT2D eigenvalue weighted by molar-refractivity contribution is 0.184. The molecular formula is C21H23F2N3O2. The molecule has 2 aliphatic rings. The van der Waals surface area contributed by atoms with Gasteiger partial charge in [0.1, 0.15) is 12.4 Å². The van der Waals surface area contributed by atoms with Gasteiger partial charge in [0, 0.05) is 31.2 Å².